The quantitative estimate of drug-likeness (QED) is 0.506. The van der Waals surface area contributed by atoms with Crippen molar-refractivity contribution in [2.24, 2.45) is 0 Å². The van der Waals surface area contributed by atoms with Crippen molar-refractivity contribution in [1.29, 1.82) is 0 Å². The average Bonchev–Trinajstić information content (AvgIpc) is 2.05. The molecule has 0 radical (unpaired) electrons. The molecule has 0 aromatic carbocycles. The summed E-state index contributed by atoms with van der Waals surface area (Å²) < 4.78 is 5.14. The molecular weight excluding hydrogens is 130 g/mol. The molecule has 0 aromatic rings. The van der Waals surface area contributed by atoms with Crippen LogP contribution < -0.4 is 0 Å². The first-order valence-corrected chi connectivity index (χ1v) is 3.61. The number of hydrogen-bond donors (Lipinski definition) is 0. The first kappa shape index (κ1) is 7.69. The van der Waals surface area contributed by atoms with E-state index in [0.29, 0.717) is 0 Å². The lowest BCUT2D eigenvalue weighted by atomic mass is 10.3. The van der Waals surface area contributed by atoms with E-state index < -0.39 is 0 Å². The summed E-state index contributed by atoms with van der Waals surface area (Å²) in [4.78, 5) is 12.4. The van der Waals surface area contributed by atoms with E-state index in [9.17, 15) is 4.79 Å². The molecule has 1 aliphatic heterocycles. The molecule has 0 amide bonds. The molecule has 10 heavy (non-hydrogen) atoms. The molecule has 3 nitrogen and oxygen atoms in total. The fourth-order valence-corrected chi connectivity index (χ4v) is 1.07. The minimum absolute atomic E-state index is 0.0592. The van der Waals surface area contributed by atoms with Gasteiger partial charge >= 0.3 is 0 Å². The Balaban J connectivity index is 2.30. The summed E-state index contributed by atoms with van der Waals surface area (Å²) in [5.41, 5.74) is 0. The van der Waals surface area contributed by atoms with Crippen molar-refractivity contribution in [3.05, 3.63) is 0 Å². The zero-order chi connectivity index (χ0) is 7.40. The van der Waals surface area contributed by atoms with Gasteiger partial charge in [0.15, 0.2) is 0 Å². The summed E-state index contributed by atoms with van der Waals surface area (Å²) in [6.07, 6.45) is 0.978. The van der Waals surface area contributed by atoms with Crippen molar-refractivity contribution in [2.45, 2.75) is 13.0 Å². The topological polar surface area (TPSA) is 29.5 Å². The van der Waals surface area contributed by atoms with Gasteiger partial charge in [-0.3, -0.25) is 4.90 Å². The molecule has 58 valence electrons. The maximum atomic E-state index is 10.3. The van der Waals surface area contributed by atoms with E-state index in [4.69, 9.17) is 4.74 Å². The maximum absolute atomic E-state index is 10.3. The van der Waals surface area contributed by atoms with Gasteiger partial charge in [-0.05, 0) is 6.92 Å². The number of hydrogen-bond acceptors (Lipinski definition) is 3. The maximum Gasteiger partial charge on any atom is 0.136 e. The Hall–Kier alpha value is -0.410. The minimum Gasteiger partial charge on any atom is -0.379 e. The smallest absolute Gasteiger partial charge is 0.136 e. The van der Waals surface area contributed by atoms with E-state index in [1.807, 2.05) is 6.92 Å². The molecule has 1 heterocycles. The Morgan fingerprint density at radius 3 is 2.60 bits per heavy atom. The van der Waals surface area contributed by atoms with Crippen molar-refractivity contribution in [2.75, 3.05) is 26.3 Å². The Kier molecular flexibility index (Phi) is 2.83. The van der Waals surface area contributed by atoms with E-state index in [0.717, 1.165) is 32.6 Å². The lowest BCUT2D eigenvalue weighted by Crippen LogP contribution is -2.42. The first-order chi connectivity index (χ1) is 4.84. The Morgan fingerprint density at radius 2 is 2.10 bits per heavy atom. The number of rotatable bonds is 2. The van der Waals surface area contributed by atoms with Crippen LogP contribution in [0.2, 0.25) is 0 Å². The van der Waals surface area contributed by atoms with Crippen molar-refractivity contribution in [3.8, 4) is 0 Å². The van der Waals surface area contributed by atoms with Crippen LogP contribution in [0.15, 0.2) is 0 Å². The fourth-order valence-electron chi connectivity index (χ4n) is 1.07. The predicted molar refractivity (Wildman–Crippen MR) is 37.9 cm³/mol. The highest BCUT2D eigenvalue weighted by Gasteiger charge is 2.15. The average molecular weight is 143 g/mol. The summed E-state index contributed by atoms with van der Waals surface area (Å²) in [7, 11) is 0. The molecule has 0 aliphatic carbocycles. The highest BCUT2D eigenvalue weighted by atomic mass is 16.5. The molecule has 0 saturated carbocycles. The second-order valence-electron chi connectivity index (χ2n) is 2.53. The van der Waals surface area contributed by atoms with Crippen LogP contribution in [0.4, 0.5) is 0 Å². The van der Waals surface area contributed by atoms with E-state index in [2.05, 4.69) is 4.90 Å². The molecule has 1 saturated heterocycles. The SMILES string of the molecule is CC(C=O)N1CCOCC1. The third-order valence-electron chi connectivity index (χ3n) is 1.82. The molecule has 3 heteroatoms. The van der Waals surface area contributed by atoms with Crippen molar-refractivity contribution < 1.29 is 9.53 Å². The Labute approximate surface area is 61.0 Å². The lowest BCUT2D eigenvalue weighted by Gasteiger charge is -2.28. The van der Waals surface area contributed by atoms with Gasteiger partial charge in [0.2, 0.25) is 0 Å². The van der Waals surface area contributed by atoms with Crippen LogP contribution in [-0.2, 0) is 9.53 Å². The molecule has 0 aromatic heterocycles. The summed E-state index contributed by atoms with van der Waals surface area (Å²) in [6, 6.07) is 0.0592. The second kappa shape index (κ2) is 3.68. The van der Waals surface area contributed by atoms with Gasteiger partial charge in [0.05, 0.1) is 19.3 Å². The van der Waals surface area contributed by atoms with Crippen LogP contribution in [0, 0.1) is 0 Å². The van der Waals surface area contributed by atoms with Gasteiger partial charge in [0.25, 0.3) is 0 Å². The largest absolute Gasteiger partial charge is 0.379 e. The minimum atomic E-state index is 0.0592. The van der Waals surface area contributed by atoms with Crippen molar-refractivity contribution in [1.82, 2.24) is 4.90 Å². The summed E-state index contributed by atoms with van der Waals surface area (Å²) in [6.45, 7) is 5.22. The zero-order valence-corrected chi connectivity index (χ0v) is 6.25. The summed E-state index contributed by atoms with van der Waals surface area (Å²) in [5, 5.41) is 0. The molecule has 0 N–H and O–H groups in total. The first-order valence-electron chi connectivity index (χ1n) is 3.61. The molecule has 1 atom stereocenters. The summed E-state index contributed by atoms with van der Waals surface area (Å²) in [5.74, 6) is 0. The van der Waals surface area contributed by atoms with Gasteiger partial charge in [-0.25, -0.2) is 0 Å². The van der Waals surface area contributed by atoms with Gasteiger partial charge in [0.1, 0.15) is 6.29 Å². The van der Waals surface area contributed by atoms with Gasteiger partial charge in [-0.2, -0.15) is 0 Å². The van der Waals surface area contributed by atoms with Crippen LogP contribution in [0.25, 0.3) is 0 Å². The Bertz CT molecular complexity index is 110. The normalized spacial score (nSPS) is 24.1. The van der Waals surface area contributed by atoms with Crippen LogP contribution in [0.1, 0.15) is 6.92 Å². The van der Waals surface area contributed by atoms with E-state index in [-0.39, 0.29) is 6.04 Å². The standard InChI is InChI=1S/C7H13NO2/c1-7(6-9)8-2-4-10-5-3-8/h6-7H,2-5H2,1H3. The number of carbonyl (C=O) groups excluding carboxylic acids is 1. The second-order valence-corrected chi connectivity index (χ2v) is 2.53. The van der Waals surface area contributed by atoms with Crippen LogP contribution in [0.5, 0.6) is 0 Å². The highest BCUT2D eigenvalue weighted by Crippen LogP contribution is 2.00. The van der Waals surface area contributed by atoms with Crippen LogP contribution in [-0.4, -0.2) is 43.5 Å². The zero-order valence-electron chi connectivity index (χ0n) is 6.25. The molecule has 1 unspecified atom stereocenters. The van der Waals surface area contributed by atoms with Gasteiger partial charge in [-0.1, -0.05) is 0 Å². The molecule has 0 spiro atoms. The summed E-state index contributed by atoms with van der Waals surface area (Å²) >= 11 is 0. The number of carbonyl (C=O) groups is 1. The van der Waals surface area contributed by atoms with Gasteiger partial charge in [-0.15, -0.1) is 0 Å². The number of aldehydes is 1. The van der Waals surface area contributed by atoms with Gasteiger partial charge < -0.3 is 9.53 Å². The fraction of sp³-hybridized carbons (Fsp3) is 0.857. The number of nitrogens with zero attached hydrogens (tertiary/aromatic N) is 1. The number of ether oxygens (including phenoxy) is 1. The highest BCUT2D eigenvalue weighted by molar-refractivity contribution is 5.56. The molecular formula is C7H13NO2. The molecule has 0 bridgehead atoms. The lowest BCUT2D eigenvalue weighted by molar-refractivity contribution is -0.113. The number of morpholine rings is 1. The van der Waals surface area contributed by atoms with Crippen molar-refractivity contribution >= 4 is 6.29 Å². The molecule has 1 fully saturated rings. The van der Waals surface area contributed by atoms with E-state index in [1.54, 1.807) is 0 Å². The molecule has 1 rings (SSSR count). The third kappa shape index (κ3) is 1.78. The van der Waals surface area contributed by atoms with Crippen molar-refractivity contribution in [3.63, 3.8) is 0 Å². The predicted octanol–water partition coefficient (Wildman–Crippen LogP) is -0.0940. The monoisotopic (exact) mass is 143 g/mol. The third-order valence-corrected chi connectivity index (χ3v) is 1.82. The van der Waals surface area contributed by atoms with Crippen LogP contribution >= 0.6 is 0 Å². The molecule has 1 aliphatic rings. The van der Waals surface area contributed by atoms with Gasteiger partial charge in [0, 0.05) is 13.1 Å². The van der Waals surface area contributed by atoms with E-state index >= 15 is 0 Å². The Morgan fingerprint density at radius 1 is 1.50 bits per heavy atom. The van der Waals surface area contributed by atoms with Crippen LogP contribution in [0.3, 0.4) is 0 Å². The van der Waals surface area contributed by atoms with E-state index in [1.165, 1.54) is 0 Å².